The number of carbonyl (C=O) groups is 1. The van der Waals surface area contributed by atoms with Gasteiger partial charge in [0.1, 0.15) is 5.75 Å². The fraction of sp³-hybridized carbons (Fsp3) is 0.556. The van der Waals surface area contributed by atoms with Crippen LogP contribution in [0.4, 0.5) is 0 Å². The summed E-state index contributed by atoms with van der Waals surface area (Å²) in [5.41, 5.74) is 4.80. The van der Waals surface area contributed by atoms with E-state index in [1.807, 2.05) is 19.1 Å². The van der Waals surface area contributed by atoms with Gasteiger partial charge in [0.25, 0.3) is 0 Å². The third-order valence-corrected chi connectivity index (χ3v) is 4.20. The molecule has 0 atom stereocenters. The Labute approximate surface area is 143 Å². The topological polar surface area (TPSA) is 50.7 Å². The number of aryl methyl sites for hydroxylation is 1. The molecule has 0 saturated heterocycles. The van der Waals surface area contributed by atoms with Crippen LogP contribution in [0.1, 0.15) is 56.9 Å². The largest absolute Gasteiger partial charge is 0.493 e. The minimum Gasteiger partial charge on any atom is -0.493 e. The quantitative estimate of drug-likeness (QED) is 0.467. The van der Waals surface area contributed by atoms with E-state index in [0.717, 1.165) is 29.9 Å². The fourth-order valence-electron chi connectivity index (χ4n) is 2.64. The Bertz CT molecular complexity index is 548. The first kappa shape index (κ1) is 17.8. The second-order valence-electron chi connectivity index (χ2n) is 5.99. The molecule has 126 valence electrons. The summed E-state index contributed by atoms with van der Waals surface area (Å²) in [6.07, 6.45) is 8.02. The summed E-state index contributed by atoms with van der Waals surface area (Å²) in [7, 11) is 0. The zero-order valence-electron chi connectivity index (χ0n) is 13.7. The highest BCUT2D eigenvalue weighted by molar-refractivity contribution is 6.30. The molecule has 1 fully saturated rings. The zero-order valence-corrected chi connectivity index (χ0v) is 14.5. The molecule has 1 saturated carbocycles. The van der Waals surface area contributed by atoms with Crippen LogP contribution in [0.2, 0.25) is 5.02 Å². The highest BCUT2D eigenvalue weighted by atomic mass is 35.5. The van der Waals surface area contributed by atoms with Gasteiger partial charge in [-0.1, -0.05) is 24.4 Å². The Balaban J connectivity index is 1.65. The maximum absolute atomic E-state index is 11.8. The van der Waals surface area contributed by atoms with Gasteiger partial charge in [0.2, 0.25) is 5.91 Å². The summed E-state index contributed by atoms with van der Waals surface area (Å²) in [6, 6.07) is 5.53. The molecule has 4 nitrogen and oxygen atoms in total. The monoisotopic (exact) mass is 336 g/mol. The molecule has 0 spiro atoms. The highest BCUT2D eigenvalue weighted by Crippen LogP contribution is 2.21. The van der Waals surface area contributed by atoms with Crippen molar-refractivity contribution in [3.63, 3.8) is 0 Å². The van der Waals surface area contributed by atoms with Gasteiger partial charge in [0.05, 0.1) is 6.61 Å². The molecule has 0 aliphatic heterocycles. The van der Waals surface area contributed by atoms with Crippen molar-refractivity contribution in [2.24, 2.45) is 5.10 Å². The van der Waals surface area contributed by atoms with Gasteiger partial charge in [-0.25, -0.2) is 5.43 Å². The Morgan fingerprint density at radius 1 is 1.26 bits per heavy atom. The number of rotatable bonds is 6. The molecule has 1 N–H and O–H groups in total. The average molecular weight is 337 g/mol. The van der Waals surface area contributed by atoms with Crippen molar-refractivity contribution in [1.82, 2.24) is 5.43 Å². The minimum absolute atomic E-state index is 0.0434. The number of halogens is 1. The number of hydrogen-bond donors (Lipinski definition) is 1. The van der Waals surface area contributed by atoms with Crippen LogP contribution in [0.25, 0.3) is 0 Å². The van der Waals surface area contributed by atoms with E-state index < -0.39 is 0 Å². The predicted octanol–water partition coefficient (Wildman–Crippen LogP) is 4.63. The molecule has 1 aliphatic carbocycles. The molecule has 2 rings (SSSR count). The SMILES string of the molecule is Cc1cc(Cl)ccc1OCCCC(=O)NN=C1CCCCCC1. The molecule has 0 bridgehead atoms. The first-order chi connectivity index (χ1) is 11.1. The highest BCUT2D eigenvalue weighted by Gasteiger charge is 2.07. The van der Waals surface area contributed by atoms with Gasteiger partial charge in [0, 0.05) is 17.2 Å². The number of hydrogen-bond acceptors (Lipinski definition) is 3. The third kappa shape index (κ3) is 6.61. The average Bonchev–Trinajstić information content (AvgIpc) is 2.80. The van der Waals surface area contributed by atoms with E-state index in [1.165, 1.54) is 25.7 Å². The number of benzene rings is 1. The van der Waals surface area contributed by atoms with E-state index >= 15 is 0 Å². The first-order valence-corrected chi connectivity index (χ1v) is 8.76. The number of nitrogens with zero attached hydrogens (tertiary/aromatic N) is 1. The minimum atomic E-state index is -0.0434. The molecule has 0 radical (unpaired) electrons. The summed E-state index contributed by atoms with van der Waals surface area (Å²) in [4.78, 5) is 11.8. The van der Waals surface area contributed by atoms with E-state index in [0.29, 0.717) is 24.5 Å². The Hall–Kier alpha value is -1.55. The molecule has 1 aliphatic rings. The van der Waals surface area contributed by atoms with E-state index in [-0.39, 0.29) is 5.91 Å². The third-order valence-electron chi connectivity index (χ3n) is 3.96. The van der Waals surface area contributed by atoms with Crippen molar-refractivity contribution < 1.29 is 9.53 Å². The predicted molar refractivity (Wildman–Crippen MR) is 94.2 cm³/mol. The summed E-state index contributed by atoms with van der Waals surface area (Å²) in [5.74, 6) is 0.770. The second-order valence-corrected chi connectivity index (χ2v) is 6.43. The summed E-state index contributed by atoms with van der Waals surface area (Å²) < 4.78 is 5.68. The van der Waals surface area contributed by atoms with E-state index in [1.54, 1.807) is 6.07 Å². The fourth-order valence-corrected chi connectivity index (χ4v) is 2.86. The van der Waals surface area contributed by atoms with Gasteiger partial charge < -0.3 is 4.74 Å². The maximum Gasteiger partial charge on any atom is 0.240 e. The molecule has 0 heterocycles. The summed E-state index contributed by atoms with van der Waals surface area (Å²) >= 11 is 5.91. The van der Waals surface area contributed by atoms with Crippen LogP contribution in [-0.4, -0.2) is 18.2 Å². The number of nitrogens with one attached hydrogen (secondary N) is 1. The van der Waals surface area contributed by atoms with Crippen molar-refractivity contribution in [2.75, 3.05) is 6.61 Å². The van der Waals surface area contributed by atoms with Crippen molar-refractivity contribution in [2.45, 2.75) is 58.3 Å². The van der Waals surface area contributed by atoms with E-state index in [2.05, 4.69) is 10.5 Å². The van der Waals surface area contributed by atoms with Gasteiger partial charge in [0.15, 0.2) is 0 Å². The molecule has 5 heteroatoms. The Kier molecular flexibility index (Phi) is 7.40. The molecule has 0 unspecified atom stereocenters. The zero-order chi connectivity index (χ0) is 16.5. The van der Waals surface area contributed by atoms with Gasteiger partial charge >= 0.3 is 0 Å². The van der Waals surface area contributed by atoms with Gasteiger partial charge in [-0.05, 0) is 62.8 Å². The smallest absolute Gasteiger partial charge is 0.240 e. The summed E-state index contributed by atoms with van der Waals surface area (Å²) in [6.45, 7) is 2.46. The van der Waals surface area contributed by atoms with Crippen LogP contribution in [0.15, 0.2) is 23.3 Å². The van der Waals surface area contributed by atoms with Crippen molar-refractivity contribution >= 4 is 23.2 Å². The lowest BCUT2D eigenvalue weighted by atomic mass is 10.2. The van der Waals surface area contributed by atoms with Crippen LogP contribution in [-0.2, 0) is 4.79 Å². The van der Waals surface area contributed by atoms with E-state index in [9.17, 15) is 4.79 Å². The molecule has 0 aromatic heterocycles. The van der Waals surface area contributed by atoms with Gasteiger partial charge in [-0.3, -0.25) is 4.79 Å². The lowest BCUT2D eigenvalue weighted by Gasteiger charge is -2.09. The van der Waals surface area contributed by atoms with Crippen LogP contribution >= 0.6 is 11.6 Å². The van der Waals surface area contributed by atoms with Crippen molar-refractivity contribution in [1.29, 1.82) is 0 Å². The number of hydrazone groups is 1. The summed E-state index contributed by atoms with van der Waals surface area (Å²) in [5, 5.41) is 4.97. The Morgan fingerprint density at radius 2 is 2.00 bits per heavy atom. The standard InChI is InChI=1S/C18H25ClN2O2/c1-14-13-15(19)10-11-17(14)23-12-6-9-18(22)21-20-16-7-4-2-3-5-8-16/h10-11,13H,2-9,12H2,1H3,(H,21,22). The molecular weight excluding hydrogens is 312 g/mol. The number of ether oxygens (including phenoxy) is 1. The van der Waals surface area contributed by atoms with Crippen LogP contribution in [0.3, 0.4) is 0 Å². The molecule has 1 aromatic rings. The van der Waals surface area contributed by atoms with Crippen molar-refractivity contribution in [3.05, 3.63) is 28.8 Å². The van der Waals surface area contributed by atoms with Crippen molar-refractivity contribution in [3.8, 4) is 5.75 Å². The maximum atomic E-state index is 11.8. The van der Waals surface area contributed by atoms with Crippen LogP contribution in [0, 0.1) is 6.92 Å². The van der Waals surface area contributed by atoms with Gasteiger partial charge in [-0.2, -0.15) is 5.10 Å². The normalized spacial score (nSPS) is 15.0. The number of carbonyl (C=O) groups excluding carboxylic acids is 1. The van der Waals surface area contributed by atoms with Crippen LogP contribution in [0.5, 0.6) is 5.75 Å². The Morgan fingerprint density at radius 3 is 2.70 bits per heavy atom. The lowest BCUT2D eigenvalue weighted by molar-refractivity contribution is -0.121. The van der Waals surface area contributed by atoms with E-state index in [4.69, 9.17) is 16.3 Å². The molecule has 1 aromatic carbocycles. The second kappa shape index (κ2) is 9.56. The molecule has 23 heavy (non-hydrogen) atoms. The molecule has 1 amide bonds. The van der Waals surface area contributed by atoms with Crippen LogP contribution < -0.4 is 10.2 Å². The lowest BCUT2D eigenvalue weighted by Crippen LogP contribution is -2.20. The number of amides is 1. The first-order valence-electron chi connectivity index (χ1n) is 8.38. The molecular formula is C18H25ClN2O2. The van der Waals surface area contributed by atoms with Gasteiger partial charge in [-0.15, -0.1) is 0 Å².